The van der Waals surface area contributed by atoms with Gasteiger partial charge in [0.05, 0.1) is 27.8 Å². The van der Waals surface area contributed by atoms with E-state index in [1.165, 1.54) is 38.4 Å². The third-order valence-electron chi connectivity index (χ3n) is 4.80. The van der Waals surface area contributed by atoms with E-state index in [4.69, 9.17) is 0 Å². The molecule has 0 spiro atoms. The van der Waals surface area contributed by atoms with E-state index in [1.807, 2.05) is 30.3 Å². The van der Waals surface area contributed by atoms with Crippen molar-refractivity contribution in [3.8, 4) is 5.69 Å². The molecule has 156 valence electrons. The van der Waals surface area contributed by atoms with E-state index in [0.717, 1.165) is 15.6 Å². The molecule has 1 aliphatic rings. The number of amides is 1. The molecule has 0 saturated carbocycles. The molecule has 3 aromatic rings. The third kappa shape index (κ3) is 3.69. The maximum atomic E-state index is 12.9. The monoisotopic (exact) mass is 444 g/mol. The maximum Gasteiger partial charge on any atom is 0.256 e. The van der Waals surface area contributed by atoms with Crippen LogP contribution in [0.3, 0.4) is 0 Å². The van der Waals surface area contributed by atoms with E-state index in [2.05, 4.69) is 10.4 Å². The highest BCUT2D eigenvalue weighted by molar-refractivity contribution is 7.89. The van der Waals surface area contributed by atoms with Crippen molar-refractivity contribution in [3.05, 3.63) is 71.4 Å². The first-order valence-corrected chi connectivity index (χ1v) is 12.1. The second-order valence-corrected chi connectivity index (χ2v) is 10.6. The topological polar surface area (TPSA) is 101 Å². The highest BCUT2D eigenvalue weighted by Gasteiger charge is 2.28. The average Bonchev–Trinajstić information content (AvgIpc) is 3.25. The Hall–Kier alpha value is -2.82. The van der Waals surface area contributed by atoms with E-state index in [9.17, 15) is 17.4 Å². The van der Waals surface area contributed by atoms with Gasteiger partial charge in [0.2, 0.25) is 10.0 Å². The summed E-state index contributed by atoms with van der Waals surface area (Å²) in [5.41, 5.74) is 2.55. The zero-order chi connectivity index (χ0) is 21.5. The molecule has 0 saturated heterocycles. The Balaban J connectivity index is 1.66. The Labute approximate surface area is 177 Å². The van der Waals surface area contributed by atoms with Gasteiger partial charge in [-0.2, -0.15) is 5.10 Å². The molecule has 2 heterocycles. The summed E-state index contributed by atoms with van der Waals surface area (Å²) in [5.74, 6) is 0.769. The molecule has 4 rings (SSSR count). The first kappa shape index (κ1) is 20.5. The first-order chi connectivity index (χ1) is 14.3. The third-order valence-corrected chi connectivity index (χ3v) is 7.83. The lowest BCUT2D eigenvalue weighted by Crippen LogP contribution is -2.22. The van der Waals surface area contributed by atoms with Crippen molar-refractivity contribution in [3.63, 3.8) is 0 Å². The number of carbonyl (C=O) groups is 1. The Morgan fingerprint density at radius 2 is 1.73 bits per heavy atom. The van der Waals surface area contributed by atoms with Crippen LogP contribution < -0.4 is 5.32 Å². The fraction of sp³-hybridized carbons (Fsp3) is 0.200. The van der Waals surface area contributed by atoms with Crippen LogP contribution >= 0.6 is 0 Å². The molecule has 0 aliphatic carbocycles. The fourth-order valence-electron chi connectivity index (χ4n) is 3.18. The molecule has 10 heteroatoms. The number of nitrogens with zero attached hydrogens (tertiary/aromatic N) is 3. The van der Waals surface area contributed by atoms with Crippen LogP contribution in [0, 0.1) is 0 Å². The van der Waals surface area contributed by atoms with Gasteiger partial charge >= 0.3 is 0 Å². The molecule has 30 heavy (non-hydrogen) atoms. The number of hydrogen-bond donors (Lipinski definition) is 1. The number of carbonyl (C=O) groups excluding carboxylic acids is 1. The van der Waals surface area contributed by atoms with E-state index in [1.54, 1.807) is 4.68 Å². The van der Waals surface area contributed by atoms with Crippen molar-refractivity contribution in [2.24, 2.45) is 0 Å². The minimum absolute atomic E-state index is 0.106. The minimum atomic E-state index is -3.57. The summed E-state index contributed by atoms with van der Waals surface area (Å²) in [6, 6.07) is 15.1. The Bertz CT molecular complexity index is 1230. The van der Waals surface area contributed by atoms with Crippen LogP contribution in [0.5, 0.6) is 0 Å². The summed E-state index contributed by atoms with van der Waals surface area (Å²) in [7, 11) is -1.71. The number of fused-ring (bicyclic) bond motifs is 1. The van der Waals surface area contributed by atoms with Crippen molar-refractivity contribution < 1.29 is 17.4 Å². The summed E-state index contributed by atoms with van der Waals surface area (Å²) in [4.78, 5) is 13.0. The van der Waals surface area contributed by atoms with Crippen molar-refractivity contribution >= 4 is 32.5 Å². The van der Waals surface area contributed by atoms with Crippen LogP contribution in [0.1, 0.15) is 21.6 Å². The van der Waals surface area contributed by atoms with E-state index in [0.29, 0.717) is 28.6 Å². The summed E-state index contributed by atoms with van der Waals surface area (Å²) >= 11 is 0. The van der Waals surface area contributed by atoms with Crippen LogP contribution in [0.25, 0.3) is 5.69 Å². The number of para-hydroxylation sites is 1. The van der Waals surface area contributed by atoms with Crippen molar-refractivity contribution in [1.29, 1.82) is 0 Å². The largest absolute Gasteiger partial charge is 0.306 e. The lowest BCUT2D eigenvalue weighted by atomic mass is 10.2. The van der Waals surface area contributed by atoms with E-state index in [-0.39, 0.29) is 4.90 Å². The van der Waals surface area contributed by atoms with Crippen LogP contribution in [-0.2, 0) is 32.3 Å². The average molecular weight is 445 g/mol. The van der Waals surface area contributed by atoms with Crippen LogP contribution in [0.4, 0.5) is 5.82 Å². The van der Waals surface area contributed by atoms with Crippen molar-refractivity contribution in [2.75, 3.05) is 19.4 Å². The van der Waals surface area contributed by atoms with E-state index >= 15 is 0 Å². The summed E-state index contributed by atoms with van der Waals surface area (Å²) < 4.78 is 39.2. The Kier molecular flexibility index (Phi) is 5.31. The lowest BCUT2D eigenvalue weighted by Gasteiger charge is -2.13. The molecule has 0 bridgehead atoms. The smallest absolute Gasteiger partial charge is 0.256 e. The maximum absolute atomic E-state index is 12.9. The molecule has 1 atom stereocenters. The zero-order valence-corrected chi connectivity index (χ0v) is 18.0. The molecular weight excluding hydrogens is 424 g/mol. The standard InChI is InChI=1S/C20H20N4O4S2/c1-23(2)30(27,28)16-10-8-14(9-11-16)20(25)21-19-17-12-29(26)13-18(17)22-24(19)15-6-4-3-5-7-15/h3-11H,12-13H2,1-2H3,(H,21,25)/t29-/m0/s1. The molecular formula is C20H20N4O4S2. The SMILES string of the molecule is CN(C)S(=O)(=O)c1ccc(C(=O)Nc2c3c(nn2-c2ccccc2)C[S@@](=O)C3)cc1. The molecule has 2 aromatic carbocycles. The quantitative estimate of drug-likeness (QED) is 0.650. The minimum Gasteiger partial charge on any atom is -0.306 e. The van der Waals surface area contributed by atoms with Crippen LogP contribution in [0.15, 0.2) is 59.5 Å². The second-order valence-electron chi connectivity index (χ2n) is 7.02. The molecule has 0 unspecified atom stereocenters. The molecule has 1 aromatic heterocycles. The lowest BCUT2D eigenvalue weighted by molar-refractivity contribution is 0.102. The number of nitrogens with one attached hydrogen (secondary N) is 1. The first-order valence-electron chi connectivity index (χ1n) is 9.12. The second kappa shape index (κ2) is 7.78. The molecule has 1 amide bonds. The Morgan fingerprint density at radius 3 is 2.37 bits per heavy atom. The zero-order valence-electron chi connectivity index (χ0n) is 16.4. The van der Waals surface area contributed by atoms with Gasteiger partial charge < -0.3 is 5.32 Å². The highest BCUT2D eigenvalue weighted by atomic mass is 32.2. The molecule has 0 radical (unpaired) electrons. The van der Waals surface area contributed by atoms with Gasteiger partial charge in [-0.15, -0.1) is 0 Å². The summed E-state index contributed by atoms with van der Waals surface area (Å²) in [6.07, 6.45) is 0. The molecule has 1 aliphatic heterocycles. The van der Waals surface area contributed by atoms with Gasteiger partial charge in [-0.3, -0.25) is 9.00 Å². The number of anilines is 1. The number of hydrogen-bond acceptors (Lipinski definition) is 5. The Morgan fingerprint density at radius 1 is 1.07 bits per heavy atom. The van der Waals surface area contributed by atoms with Gasteiger partial charge in [-0.05, 0) is 36.4 Å². The van der Waals surface area contributed by atoms with Gasteiger partial charge in [-0.1, -0.05) is 18.2 Å². The normalized spacial score (nSPS) is 15.9. The predicted octanol–water partition coefficient (Wildman–Crippen LogP) is 2.14. The van der Waals surface area contributed by atoms with Crippen molar-refractivity contribution in [1.82, 2.24) is 14.1 Å². The van der Waals surface area contributed by atoms with Gasteiger partial charge in [0, 0.05) is 36.0 Å². The van der Waals surface area contributed by atoms with Gasteiger partial charge in [0.1, 0.15) is 5.82 Å². The number of benzene rings is 2. The number of rotatable bonds is 5. The molecule has 0 fully saturated rings. The molecule has 1 N–H and O–H groups in total. The van der Waals surface area contributed by atoms with E-state index < -0.39 is 26.7 Å². The predicted molar refractivity (Wildman–Crippen MR) is 114 cm³/mol. The fourth-order valence-corrected chi connectivity index (χ4v) is 5.35. The van der Waals surface area contributed by atoms with Gasteiger partial charge in [0.25, 0.3) is 5.91 Å². The van der Waals surface area contributed by atoms with Crippen LogP contribution in [0.2, 0.25) is 0 Å². The molecule has 8 nitrogen and oxygen atoms in total. The van der Waals surface area contributed by atoms with Crippen LogP contribution in [-0.4, -0.2) is 46.7 Å². The summed E-state index contributed by atoms with van der Waals surface area (Å²) in [6.45, 7) is 0. The number of aromatic nitrogens is 2. The van der Waals surface area contributed by atoms with Crippen molar-refractivity contribution in [2.45, 2.75) is 16.4 Å². The van der Waals surface area contributed by atoms with Gasteiger partial charge in [0.15, 0.2) is 0 Å². The van der Waals surface area contributed by atoms with Gasteiger partial charge in [-0.25, -0.2) is 17.4 Å². The number of sulfonamides is 1. The highest BCUT2D eigenvalue weighted by Crippen LogP contribution is 2.31. The summed E-state index contributed by atoms with van der Waals surface area (Å²) in [5, 5.41) is 7.42.